The van der Waals surface area contributed by atoms with Crippen LogP contribution < -0.4 is 0 Å². The maximum Gasteiger partial charge on any atom is 0.337 e. The van der Waals surface area contributed by atoms with Crippen molar-refractivity contribution in [1.82, 2.24) is 0 Å². The van der Waals surface area contributed by atoms with Crippen LogP contribution in [0.25, 0.3) is 0 Å². The number of hydrogen-bond acceptors (Lipinski definition) is 4. The fourth-order valence-corrected chi connectivity index (χ4v) is 8.56. The van der Waals surface area contributed by atoms with Crippen LogP contribution in [0.2, 0.25) is 0 Å². The minimum Gasteiger partial charge on any atom is -0.481 e. The number of rotatable bonds is 11. The Morgan fingerprint density at radius 2 is 0.865 bits per heavy atom. The molecule has 218 valence electrons. The standard InChI is InChI=1S/C30H56O7/c1-16(2)19(26(7,8)9)20(23(31)32)30(37,25(35)36)29(24(33)34,21(17(3)4)27(10,11)12)22(18(5)6)28(13,14)15/h16-22,37H,1-15H3,(H,31,32)(H,33,34)(H,35,36). The summed E-state index contributed by atoms with van der Waals surface area (Å²) in [4.78, 5) is 40.6. The lowest BCUT2D eigenvalue weighted by atomic mass is 9.40. The first-order valence-corrected chi connectivity index (χ1v) is 13.6. The van der Waals surface area contributed by atoms with Crippen molar-refractivity contribution in [2.45, 2.75) is 109 Å². The molecule has 7 heteroatoms. The molecular weight excluding hydrogens is 472 g/mol. The maximum absolute atomic E-state index is 13.9. The van der Waals surface area contributed by atoms with E-state index in [9.17, 15) is 34.8 Å². The van der Waals surface area contributed by atoms with Gasteiger partial charge in [-0.15, -0.1) is 0 Å². The molecule has 0 radical (unpaired) electrons. The summed E-state index contributed by atoms with van der Waals surface area (Å²) in [6.07, 6.45) is 0. The van der Waals surface area contributed by atoms with Gasteiger partial charge in [-0.05, 0) is 51.8 Å². The van der Waals surface area contributed by atoms with Crippen LogP contribution in [0.3, 0.4) is 0 Å². The van der Waals surface area contributed by atoms with Crippen molar-refractivity contribution in [3.63, 3.8) is 0 Å². The van der Waals surface area contributed by atoms with Crippen molar-refractivity contribution in [3.8, 4) is 0 Å². The number of carboxylic acids is 3. The second-order valence-corrected chi connectivity index (χ2v) is 15.4. The zero-order valence-electron chi connectivity index (χ0n) is 26.1. The van der Waals surface area contributed by atoms with E-state index in [4.69, 9.17) is 0 Å². The van der Waals surface area contributed by atoms with Gasteiger partial charge in [-0.1, -0.05) is 104 Å². The van der Waals surface area contributed by atoms with Gasteiger partial charge < -0.3 is 20.4 Å². The zero-order chi connectivity index (χ0) is 30.3. The van der Waals surface area contributed by atoms with Crippen LogP contribution in [0.15, 0.2) is 0 Å². The van der Waals surface area contributed by atoms with Crippen LogP contribution in [-0.2, 0) is 14.4 Å². The van der Waals surface area contributed by atoms with E-state index in [0.717, 1.165) is 0 Å². The van der Waals surface area contributed by atoms with E-state index < -0.39 is 68.8 Å². The van der Waals surface area contributed by atoms with E-state index in [-0.39, 0.29) is 17.8 Å². The predicted octanol–water partition coefficient (Wildman–Crippen LogP) is 6.53. The number of carboxylic acid groups (broad SMARTS) is 3. The predicted molar refractivity (Wildman–Crippen MR) is 147 cm³/mol. The Balaban J connectivity index is 8.72. The quantitative estimate of drug-likeness (QED) is 0.240. The van der Waals surface area contributed by atoms with Crippen molar-refractivity contribution >= 4 is 17.9 Å². The highest BCUT2D eigenvalue weighted by Crippen LogP contribution is 2.64. The molecule has 0 amide bonds. The molecule has 5 unspecified atom stereocenters. The molecular formula is C30H56O7. The van der Waals surface area contributed by atoms with Crippen LogP contribution in [-0.4, -0.2) is 43.9 Å². The summed E-state index contributed by atoms with van der Waals surface area (Å²) in [6.45, 7) is 27.4. The third-order valence-electron chi connectivity index (χ3n) is 8.28. The highest BCUT2D eigenvalue weighted by atomic mass is 16.4. The average Bonchev–Trinajstić information content (AvgIpc) is 2.59. The second-order valence-electron chi connectivity index (χ2n) is 15.4. The van der Waals surface area contributed by atoms with Gasteiger partial charge in [0.1, 0.15) is 11.3 Å². The first kappa shape index (κ1) is 35.4. The molecule has 5 atom stereocenters. The van der Waals surface area contributed by atoms with Crippen molar-refractivity contribution in [3.05, 3.63) is 0 Å². The van der Waals surface area contributed by atoms with E-state index in [0.29, 0.717) is 0 Å². The molecule has 0 spiro atoms. The van der Waals surface area contributed by atoms with Gasteiger partial charge in [-0.3, -0.25) is 9.59 Å². The topological polar surface area (TPSA) is 132 Å². The molecule has 4 N–H and O–H groups in total. The Morgan fingerprint density at radius 1 is 0.541 bits per heavy atom. The first-order chi connectivity index (χ1) is 16.2. The van der Waals surface area contributed by atoms with Gasteiger partial charge in [0, 0.05) is 0 Å². The number of aliphatic carboxylic acids is 3. The summed E-state index contributed by atoms with van der Waals surface area (Å²) >= 11 is 0. The van der Waals surface area contributed by atoms with Crippen molar-refractivity contribution < 1.29 is 34.8 Å². The van der Waals surface area contributed by atoms with Crippen LogP contribution in [0.5, 0.6) is 0 Å². The smallest absolute Gasteiger partial charge is 0.337 e. The lowest BCUT2D eigenvalue weighted by molar-refractivity contribution is -0.254. The molecule has 0 aromatic carbocycles. The SMILES string of the molecule is CC(C)C(C(C(=O)O)C(O)(C(=O)O)C(C(=O)O)(C(C(C)C)C(C)(C)C)C(C(C)C)C(C)(C)C)C(C)(C)C. The molecule has 0 rings (SSSR count). The van der Waals surface area contributed by atoms with Gasteiger partial charge in [0.15, 0.2) is 5.60 Å². The Labute approximate surface area is 225 Å². The largest absolute Gasteiger partial charge is 0.481 e. The summed E-state index contributed by atoms with van der Waals surface area (Å²) in [5.74, 6) is -10.4. The molecule has 0 aromatic rings. The summed E-state index contributed by atoms with van der Waals surface area (Å²) in [5.41, 5.74) is -7.79. The molecule has 37 heavy (non-hydrogen) atoms. The van der Waals surface area contributed by atoms with E-state index in [1.54, 1.807) is 13.8 Å². The second kappa shape index (κ2) is 11.2. The maximum atomic E-state index is 13.9. The van der Waals surface area contributed by atoms with Gasteiger partial charge in [0.25, 0.3) is 0 Å². The lowest BCUT2D eigenvalue weighted by Crippen LogP contribution is -2.75. The Bertz CT molecular complexity index is 794. The number of carbonyl (C=O) groups is 3. The molecule has 0 bridgehead atoms. The zero-order valence-corrected chi connectivity index (χ0v) is 26.1. The van der Waals surface area contributed by atoms with Crippen LogP contribution >= 0.6 is 0 Å². The lowest BCUT2D eigenvalue weighted by Gasteiger charge is -2.62. The molecule has 0 saturated carbocycles. The molecule has 0 heterocycles. The fourth-order valence-electron chi connectivity index (χ4n) is 8.56. The van der Waals surface area contributed by atoms with Crippen molar-refractivity contribution in [2.24, 2.45) is 63.1 Å². The average molecular weight is 529 g/mol. The normalized spacial score (nSPS) is 20.2. The number of hydrogen-bond donors (Lipinski definition) is 4. The molecule has 0 aliphatic heterocycles. The Kier molecular flexibility index (Phi) is 10.7. The number of aliphatic hydroxyl groups is 1. The van der Waals surface area contributed by atoms with Crippen molar-refractivity contribution in [1.29, 1.82) is 0 Å². The summed E-state index contributed by atoms with van der Waals surface area (Å²) in [5, 5.41) is 45.8. The van der Waals surface area contributed by atoms with Gasteiger partial charge >= 0.3 is 17.9 Å². The third kappa shape index (κ3) is 6.34. The van der Waals surface area contributed by atoms with Gasteiger partial charge in [-0.25, -0.2) is 4.79 Å². The first-order valence-electron chi connectivity index (χ1n) is 13.6. The van der Waals surface area contributed by atoms with Crippen LogP contribution in [0.4, 0.5) is 0 Å². The summed E-state index contributed by atoms with van der Waals surface area (Å²) in [7, 11) is 0. The minimum atomic E-state index is -3.13. The highest BCUT2D eigenvalue weighted by molar-refractivity contribution is 5.94. The Morgan fingerprint density at radius 3 is 1.00 bits per heavy atom. The van der Waals surface area contributed by atoms with Gasteiger partial charge in [0.2, 0.25) is 0 Å². The molecule has 0 aliphatic carbocycles. The van der Waals surface area contributed by atoms with Crippen molar-refractivity contribution in [2.75, 3.05) is 0 Å². The summed E-state index contributed by atoms with van der Waals surface area (Å²) in [6, 6.07) is 0. The summed E-state index contributed by atoms with van der Waals surface area (Å²) < 4.78 is 0. The van der Waals surface area contributed by atoms with Crippen LogP contribution in [0, 0.1) is 63.1 Å². The van der Waals surface area contributed by atoms with E-state index in [2.05, 4.69) is 0 Å². The van der Waals surface area contributed by atoms with Crippen LogP contribution in [0.1, 0.15) is 104 Å². The highest BCUT2D eigenvalue weighted by Gasteiger charge is 2.76. The van der Waals surface area contributed by atoms with E-state index in [1.807, 2.05) is 90.0 Å². The third-order valence-corrected chi connectivity index (χ3v) is 8.28. The minimum absolute atomic E-state index is 0.349. The van der Waals surface area contributed by atoms with E-state index >= 15 is 0 Å². The monoisotopic (exact) mass is 528 g/mol. The molecule has 7 nitrogen and oxygen atoms in total. The fraction of sp³-hybridized carbons (Fsp3) is 0.900. The molecule has 0 fully saturated rings. The molecule has 0 aliphatic rings. The van der Waals surface area contributed by atoms with Gasteiger partial charge in [0.05, 0.1) is 0 Å². The van der Waals surface area contributed by atoms with E-state index in [1.165, 1.54) is 0 Å². The molecule has 0 aromatic heterocycles. The van der Waals surface area contributed by atoms with Gasteiger partial charge in [-0.2, -0.15) is 0 Å². The Hall–Kier alpha value is -1.63. The molecule has 0 saturated heterocycles.